The summed E-state index contributed by atoms with van der Waals surface area (Å²) in [7, 11) is 0. The summed E-state index contributed by atoms with van der Waals surface area (Å²) in [5, 5.41) is 9.77. The van der Waals surface area contributed by atoms with E-state index in [0.717, 1.165) is 17.5 Å². The van der Waals surface area contributed by atoms with Crippen LogP contribution in [0.1, 0.15) is 50.2 Å². The van der Waals surface area contributed by atoms with Crippen LogP contribution in [0.5, 0.6) is 0 Å². The molecule has 3 heteroatoms. The van der Waals surface area contributed by atoms with Crippen molar-refractivity contribution in [2.45, 2.75) is 50.7 Å². The first-order chi connectivity index (χ1) is 8.47. The van der Waals surface area contributed by atoms with Crippen molar-refractivity contribution in [3.05, 3.63) is 35.4 Å². The van der Waals surface area contributed by atoms with Crippen LogP contribution in [0.25, 0.3) is 0 Å². The van der Waals surface area contributed by atoms with Gasteiger partial charge in [0.15, 0.2) is 5.78 Å². The van der Waals surface area contributed by atoms with E-state index in [1.165, 1.54) is 0 Å². The second-order valence-corrected chi connectivity index (χ2v) is 5.49. The molecule has 18 heavy (non-hydrogen) atoms. The number of carbonyl (C=O) groups is 1. The van der Waals surface area contributed by atoms with Crippen LogP contribution in [0.3, 0.4) is 0 Å². The van der Waals surface area contributed by atoms with E-state index >= 15 is 0 Å². The van der Waals surface area contributed by atoms with Crippen molar-refractivity contribution in [3.8, 4) is 0 Å². The van der Waals surface area contributed by atoms with Gasteiger partial charge in [0.25, 0.3) is 0 Å². The van der Waals surface area contributed by atoms with Crippen LogP contribution < -0.4 is 5.73 Å². The average molecular weight is 247 g/mol. The normalized spacial score (nSPS) is 28.7. The number of carbonyl (C=O) groups excluding carboxylic acids is 1. The van der Waals surface area contributed by atoms with Gasteiger partial charge in [-0.05, 0) is 36.3 Å². The fourth-order valence-corrected chi connectivity index (χ4v) is 2.80. The molecule has 0 saturated heterocycles. The number of aliphatic hydroxyl groups excluding tert-OH is 1. The Morgan fingerprint density at radius 2 is 2.06 bits per heavy atom. The first-order valence-corrected chi connectivity index (χ1v) is 6.57. The van der Waals surface area contributed by atoms with Gasteiger partial charge in [0.05, 0.1) is 0 Å². The molecule has 0 aliphatic heterocycles. The fraction of sp³-hybridized carbons (Fsp3) is 0.533. The third-order valence-electron chi connectivity index (χ3n) is 3.85. The monoisotopic (exact) mass is 247 g/mol. The Kier molecular flexibility index (Phi) is 3.55. The third-order valence-corrected chi connectivity index (χ3v) is 3.85. The van der Waals surface area contributed by atoms with Gasteiger partial charge in [-0.15, -0.1) is 0 Å². The lowest BCUT2D eigenvalue weighted by atomic mass is 9.72. The van der Waals surface area contributed by atoms with E-state index in [9.17, 15) is 9.90 Å². The van der Waals surface area contributed by atoms with Gasteiger partial charge in [-0.1, -0.05) is 38.1 Å². The van der Waals surface area contributed by atoms with Crippen molar-refractivity contribution >= 4 is 5.78 Å². The van der Waals surface area contributed by atoms with Gasteiger partial charge < -0.3 is 10.8 Å². The lowest BCUT2D eigenvalue weighted by molar-refractivity contribution is -0.136. The molecule has 98 valence electrons. The van der Waals surface area contributed by atoms with E-state index in [0.29, 0.717) is 18.8 Å². The van der Waals surface area contributed by atoms with E-state index in [1.807, 2.05) is 24.3 Å². The number of hydrogen-bond donors (Lipinski definition) is 2. The van der Waals surface area contributed by atoms with Crippen LogP contribution in [0.2, 0.25) is 0 Å². The summed E-state index contributed by atoms with van der Waals surface area (Å²) in [5.74, 6) is 0.0790. The maximum Gasteiger partial charge on any atom is 0.185 e. The Bertz CT molecular complexity index is 456. The second-order valence-electron chi connectivity index (χ2n) is 5.49. The largest absolute Gasteiger partial charge is 0.385 e. The Morgan fingerprint density at radius 1 is 1.39 bits per heavy atom. The lowest BCUT2D eigenvalue weighted by Gasteiger charge is -2.36. The Balaban J connectivity index is 2.49. The van der Waals surface area contributed by atoms with Gasteiger partial charge in [0.2, 0.25) is 0 Å². The maximum absolute atomic E-state index is 12.2. The van der Waals surface area contributed by atoms with Crippen molar-refractivity contribution in [1.29, 1.82) is 0 Å². The maximum atomic E-state index is 12.2. The van der Waals surface area contributed by atoms with Crippen molar-refractivity contribution < 1.29 is 9.90 Å². The molecule has 3 N–H and O–H groups in total. The SMILES string of the molecule is CC(C)c1ccccc1C1(N)CCCC(O)C1=O. The highest BCUT2D eigenvalue weighted by molar-refractivity contribution is 5.94. The molecule has 0 aromatic heterocycles. The summed E-state index contributed by atoms with van der Waals surface area (Å²) >= 11 is 0. The minimum atomic E-state index is -1.02. The Morgan fingerprint density at radius 3 is 2.72 bits per heavy atom. The number of rotatable bonds is 2. The van der Waals surface area contributed by atoms with Crippen molar-refractivity contribution in [2.75, 3.05) is 0 Å². The van der Waals surface area contributed by atoms with Gasteiger partial charge in [0, 0.05) is 0 Å². The standard InChI is InChI=1S/C15H21NO2/c1-10(2)11-6-3-4-7-12(11)15(16)9-5-8-13(17)14(15)18/h3-4,6-7,10,13,17H,5,8-9,16H2,1-2H3. The first kappa shape index (κ1) is 13.2. The van der Waals surface area contributed by atoms with Crippen LogP contribution in [-0.2, 0) is 10.3 Å². The molecule has 1 aromatic rings. The highest BCUT2D eigenvalue weighted by atomic mass is 16.3. The van der Waals surface area contributed by atoms with E-state index in [4.69, 9.17) is 5.73 Å². The van der Waals surface area contributed by atoms with E-state index in [-0.39, 0.29) is 5.78 Å². The molecule has 0 amide bonds. The minimum Gasteiger partial charge on any atom is -0.385 e. The zero-order valence-corrected chi connectivity index (χ0v) is 11.0. The summed E-state index contributed by atoms with van der Waals surface area (Å²) in [6, 6.07) is 7.81. The molecule has 0 bridgehead atoms. The van der Waals surface area contributed by atoms with Crippen LogP contribution in [0.4, 0.5) is 0 Å². The van der Waals surface area contributed by atoms with Crippen LogP contribution >= 0.6 is 0 Å². The molecule has 0 radical (unpaired) electrons. The second kappa shape index (κ2) is 4.82. The van der Waals surface area contributed by atoms with Crippen LogP contribution in [0.15, 0.2) is 24.3 Å². The number of aliphatic hydroxyl groups is 1. The molecule has 1 saturated carbocycles. The van der Waals surface area contributed by atoms with Gasteiger partial charge in [-0.3, -0.25) is 4.79 Å². The molecule has 2 atom stereocenters. The molecule has 0 spiro atoms. The third kappa shape index (κ3) is 2.08. The molecular weight excluding hydrogens is 226 g/mol. The van der Waals surface area contributed by atoms with Crippen LogP contribution in [-0.4, -0.2) is 17.0 Å². The Labute approximate surface area is 108 Å². The Hall–Kier alpha value is -1.19. The average Bonchev–Trinajstić information content (AvgIpc) is 2.36. The van der Waals surface area contributed by atoms with Gasteiger partial charge in [-0.25, -0.2) is 0 Å². The summed E-state index contributed by atoms with van der Waals surface area (Å²) in [4.78, 5) is 12.2. The predicted octanol–water partition coefficient (Wildman–Crippen LogP) is 2.08. The number of Topliss-reactive ketones (excluding diaryl/α,β-unsaturated/α-hetero) is 1. The zero-order chi connectivity index (χ0) is 13.3. The van der Waals surface area contributed by atoms with Gasteiger partial charge >= 0.3 is 0 Å². The van der Waals surface area contributed by atoms with Gasteiger partial charge in [-0.2, -0.15) is 0 Å². The number of ketones is 1. The summed E-state index contributed by atoms with van der Waals surface area (Å²) in [6.45, 7) is 4.18. The van der Waals surface area contributed by atoms with Crippen molar-refractivity contribution in [2.24, 2.45) is 5.73 Å². The summed E-state index contributed by atoms with van der Waals surface area (Å²) in [5.41, 5.74) is 7.31. The predicted molar refractivity (Wildman–Crippen MR) is 71.3 cm³/mol. The van der Waals surface area contributed by atoms with E-state index in [2.05, 4.69) is 13.8 Å². The number of hydrogen-bond acceptors (Lipinski definition) is 3. The zero-order valence-electron chi connectivity index (χ0n) is 11.0. The highest BCUT2D eigenvalue weighted by Crippen LogP contribution is 2.36. The quantitative estimate of drug-likeness (QED) is 0.841. The van der Waals surface area contributed by atoms with Crippen LogP contribution in [0, 0.1) is 0 Å². The van der Waals surface area contributed by atoms with Crippen molar-refractivity contribution in [1.82, 2.24) is 0 Å². The summed E-state index contributed by atoms with van der Waals surface area (Å²) in [6.07, 6.45) is 1.02. The smallest absolute Gasteiger partial charge is 0.185 e. The molecule has 1 aliphatic carbocycles. The molecule has 2 unspecified atom stereocenters. The molecule has 3 nitrogen and oxygen atoms in total. The first-order valence-electron chi connectivity index (χ1n) is 6.57. The molecule has 0 heterocycles. The van der Waals surface area contributed by atoms with Gasteiger partial charge in [0.1, 0.15) is 11.6 Å². The lowest BCUT2D eigenvalue weighted by Crippen LogP contribution is -2.53. The molecule has 2 rings (SSSR count). The highest BCUT2D eigenvalue weighted by Gasteiger charge is 2.43. The fourth-order valence-electron chi connectivity index (χ4n) is 2.80. The number of benzene rings is 1. The van der Waals surface area contributed by atoms with E-state index in [1.54, 1.807) is 0 Å². The molecule has 1 aromatic carbocycles. The number of nitrogens with two attached hydrogens (primary N) is 1. The molecule has 1 aliphatic rings. The van der Waals surface area contributed by atoms with E-state index < -0.39 is 11.6 Å². The summed E-state index contributed by atoms with van der Waals surface area (Å²) < 4.78 is 0. The van der Waals surface area contributed by atoms with Crippen molar-refractivity contribution in [3.63, 3.8) is 0 Å². The molecule has 1 fully saturated rings. The molecular formula is C15H21NO2. The topological polar surface area (TPSA) is 63.3 Å². The minimum absolute atomic E-state index is 0.234.